The largest absolute Gasteiger partial charge is 0.540 e. The third-order valence-corrected chi connectivity index (χ3v) is 3.67. The maximum absolute atomic E-state index is 13.7. The molecule has 132 valence electrons. The van der Waals surface area contributed by atoms with Crippen molar-refractivity contribution in [2.75, 3.05) is 18.7 Å². The molecule has 1 N–H and O–H groups in total. The molecule has 2 aliphatic heterocycles. The summed E-state index contributed by atoms with van der Waals surface area (Å²) in [6, 6.07) is 2.36. The first-order chi connectivity index (χ1) is 11.0. The van der Waals surface area contributed by atoms with Gasteiger partial charge in [-0.05, 0) is 32.0 Å². The number of urea groups is 1. The number of nitrogens with zero attached hydrogens (tertiary/aromatic N) is 1. The first kappa shape index (κ1) is 16.8. The molecule has 2 amide bonds. The van der Waals surface area contributed by atoms with Gasteiger partial charge in [0.25, 0.3) is 0 Å². The van der Waals surface area contributed by atoms with E-state index in [-0.39, 0.29) is 12.4 Å². The number of alkyl halides is 4. The third-order valence-electron chi connectivity index (χ3n) is 3.67. The Bertz CT molecular complexity index is 681. The van der Waals surface area contributed by atoms with E-state index in [1.807, 2.05) is 0 Å². The number of carbonyl (C=O) groups excluding carboxylic acids is 1. The Morgan fingerprint density at radius 2 is 1.96 bits per heavy atom. The molecular weight excluding hydrogens is 336 g/mol. The van der Waals surface area contributed by atoms with E-state index in [1.54, 1.807) is 13.8 Å². The van der Waals surface area contributed by atoms with E-state index in [4.69, 9.17) is 4.74 Å². The van der Waals surface area contributed by atoms with E-state index in [1.165, 1.54) is 11.0 Å². The summed E-state index contributed by atoms with van der Waals surface area (Å²) in [5, 5.41) is 2.42. The minimum atomic E-state index is -4.43. The molecule has 0 bridgehead atoms. The topological polar surface area (TPSA) is 60.0 Å². The molecule has 0 aliphatic carbocycles. The van der Waals surface area contributed by atoms with Crippen molar-refractivity contribution in [2.45, 2.75) is 31.8 Å². The lowest BCUT2D eigenvalue weighted by Crippen LogP contribution is -2.46. The van der Waals surface area contributed by atoms with E-state index < -0.39 is 35.3 Å². The zero-order valence-electron chi connectivity index (χ0n) is 12.7. The Balaban J connectivity index is 1.83. The molecule has 0 atom stereocenters. The molecular formula is C14H14F4N2O4. The highest BCUT2D eigenvalue weighted by molar-refractivity contribution is 5.90. The molecule has 0 spiro atoms. The number of carbonyl (C=O) groups is 1. The van der Waals surface area contributed by atoms with Crippen LogP contribution >= 0.6 is 0 Å². The van der Waals surface area contributed by atoms with Gasteiger partial charge in [0.1, 0.15) is 12.5 Å². The SMILES string of the molecule is CC1(C)COCN1C(=O)Nc1ccc2c(c1)C(F)(F)OC(F)(F)O2. The molecule has 0 radical (unpaired) electrons. The first-order valence-corrected chi connectivity index (χ1v) is 6.96. The second kappa shape index (κ2) is 5.21. The maximum Gasteiger partial charge on any atom is 0.540 e. The minimum absolute atomic E-state index is 0.0152. The van der Waals surface area contributed by atoms with Crippen molar-refractivity contribution in [1.29, 1.82) is 0 Å². The number of rotatable bonds is 1. The molecule has 6 nitrogen and oxygen atoms in total. The zero-order valence-corrected chi connectivity index (χ0v) is 12.7. The van der Waals surface area contributed by atoms with Crippen molar-refractivity contribution >= 4 is 11.7 Å². The van der Waals surface area contributed by atoms with E-state index in [0.717, 1.165) is 12.1 Å². The summed E-state index contributed by atoms with van der Waals surface area (Å²) >= 11 is 0. The zero-order chi connectivity index (χ0) is 17.8. The van der Waals surface area contributed by atoms with Crippen LogP contribution < -0.4 is 10.1 Å². The molecule has 2 aliphatic rings. The fraction of sp³-hybridized carbons (Fsp3) is 0.500. The van der Waals surface area contributed by atoms with Crippen molar-refractivity contribution in [2.24, 2.45) is 0 Å². The first-order valence-electron chi connectivity index (χ1n) is 6.96. The Hall–Kier alpha value is -2.07. The number of anilines is 1. The van der Waals surface area contributed by atoms with Crippen LogP contribution in [0, 0.1) is 0 Å². The number of fused-ring (bicyclic) bond motifs is 1. The standard InChI is InChI=1S/C14H14F4N2O4/c1-12(2)6-22-7-20(12)11(21)19-8-3-4-10-9(5-8)13(15,16)24-14(17,18)23-10/h3-5H,6-7H2,1-2H3,(H,19,21). The molecule has 0 unspecified atom stereocenters. The highest BCUT2D eigenvalue weighted by atomic mass is 19.3. The Morgan fingerprint density at radius 3 is 2.58 bits per heavy atom. The smallest absolute Gasteiger partial charge is 0.409 e. The van der Waals surface area contributed by atoms with Crippen molar-refractivity contribution in [3.05, 3.63) is 23.8 Å². The monoisotopic (exact) mass is 350 g/mol. The Labute approximate surface area is 134 Å². The number of ether oxygens (including phenoxy) is 3. The van der Waals surface area contributed by atoms with Gasteiger partial charge in [-0.1, -0.05) is 0 Å². The lowest BCUT2D eigenvalue weighted by Gasteiger charge is -2.31. The fourth-order valence-electron chi connectivity index (χ4n) is 2.44. The van der Waals surface area contributed by atoms with Crippen LogP contribution in [0.15, 0.2) is 18.2 Å². The second-order valence-electron chi connectivity index (χ2n) is 6.04. The van der Waals surface area contributed by atoms with Gasteiger partial charge >= 0.3 is 18.4 Å². The van der Waals surface area contributed by atoms with Crippen LogP contribution in [-0.2, 0) is 15.6 Å². The van der Waals surface area contributed by atoms with Crippen molar-refractivity contribution in [3.8, 4) is 5.75 Å². The minimum Gasteiger partial charge on any atom is -0.409 e. The molecule has 1 fully saturated rings. The Morgan fingerprint density at radius 1 is 1.25 bits per heavy atom. The summed E-state index contributed by atoms with van der Waals surface area (Å²) in [5.74, 6) is -0.723. The van der Waals surface area contributed by atoms with Crippen LogP contribution in [0.4, 0.5) is 28.0 Å². The summed E-state index contributed by atoms with van der Waals surface area (Å²) in [6.07, 6.45) is -8.69. The molecule has 3 rings (SSSR count). The summed E-state index contributed by atoms with van der Waals surface area (Å²) in [7, 11) is 0. The molecule has 1 saturated heterocycles. The van der Waals surface area contributed by atoms with Crippen LogP contribution in [0.5, 0.6) is 5.75 Å². The normalized spacial score (nSPS) is 23.3. The molecule has 0 aromatic heterocycles. The number of hydrogen-bond donors (Lipinski definition) is 1. The van der Waals surface area contributed by atoms with E-state index in [0.29, 0.717) is 6.61 Å². The van der Waals surface area contributed by atoms with Gasteiger partial charge in [-0.2, -0.15) is 8.78 Å². The van der Waals surface area contributed by atoms with Crippen molar-refractivity contribution in [3.63, 3.8) is 0 Å². The quantitative estimate of drug-likeness (QED) is 0.790. The highest BCUT2D eigenvalue weighted by Gasteiger charge is 2.54. The van der Waals surface area contributed by atoms with Gasteiger partial charge in [-0.3, -0.25) is 4.90 Å². The molecule has 1 aromatic rings. The van der Waals surface area contributed by atoms with Gasteiger partial charge in [0, 0.05) is 5.69 Å². The van der Waals surface area contributed by atoms with E-state index in [2.05, 4.69) is 14.8 Å². The Kier molecular flexibility index (Phi) is 3.64. The predicted molar refractivity (Wildman–Crippen MR) is 72.8 cm³/mol. The summed E-state index contributed by atoms with van der Waals surface area (Å²) < 4.78 is 66.0. The number of halogens is 4. The summed E-state index contributed by atoms with van der Waals surface area (Å²) in [6.45, 7) is 3.95. The van der Waals surface area contributed by atoms with E-state index in [9.17, 15) is 22.4 Å². The fourth-order valence-corrected chi connectivity index (χ4v) is 2.44. The predicted octanol–water partition coefficient (Wildman–Crippen LogP) is 3.30. The van der Waals surface area contributed by atoms with Gasteiger partial charge in [0.15, 0.2) is 0 Å². The third kappa shape index (κ3) is 2.98. The van der Waals surface area contributed by atoms with Gasteiger partial charge in [-0.15, -0.1) is 8.78 Å². The van der Waals surface area contributed by atoms with Gasteiger partial charge in [-0.25, -0.2) is 9.53 Å². The molecule has 10 heteroatoms. The van der Waals surface area contributed by atoms with Crippen LogP contribution in [0.25, 0.3) is 0 Å². The lowest BCUT2D eigenvalue weighted by molar-refractivity contribution is -0.461. The van der Waals surface area contributed by atoms with Gasteiger partial charge < -0.3 is 14.8 Å². The van der Waals surface area contributed by atoms with Crippen molar-refractivity contribution in [1.82, 2.24) is 4.90 Å². The number of amides is 2. The van der Waals surface area contributed by atoms with Crippen LogP contribution in [0.3, 0.4) is 0 Å². The second-order valence-corrected chi connectivity index (χ2v) is 6.04. The summed E-state index contributed by atoms with van der Waals surface area (Å²) in [5.41, 5.74) is -1.47. The average molecular weight is 350 g/mol. The maximum atomic E-state index is 13.7. The molecule has 24 heavy (non-hydrogen) atoms. The van der Waals surface area contributed by atoms with E-state index >= 15 is 0 Å². The van der Waals surface area contributed by atoms with Crippen LogP contribution in [-0.4, -0.2) is 36.1 Å². The van der Waals surface area contributed by atoms with Gasteiger partial charge in [0.2, 0.25) is 0 Å². The van der Waals surface area contributed by atoms with Gasteiger partial charge in [0.05, 0.1) is 17.7 Å². The molecule has 0 saturated carbocycles. The highest BCUT2D eigenvalue weighted by Crippen LogP contribution is 2.46. The number of benzene rings is 1. The molecule has 1 aromatic carbocycles. The number of nitrogens with one attached hydrogen (secondary N) is 1. The lowest BCUT2D eigenvalue weighted by atomic mass is 10.1. The molecule has 2 heterocycles. The summed E-state index contributed by atoms with van der Waals surface area (Å²) in [4.78, 5) is 13.6. The van der Waals surface area contributed by atoms with Crippen LogP contribution in [0.2, 0.25) is 0 Å². The van der Waals surface area contributed by atoms with Crippen LogP contribution in [0.1, 0.15) is 19.4 Å². The average Bonchev–Trinajstić information content (AvgIpc) is 2.77. The van der Waals surface area contributed by atoms with Crippen molar-refractivity contribution < 1.29 is 36.6 Å². The number of hydrogen-bond acceptors (Lipinski definition) is 4.